The maximum absolute atomic E-state index is 12.7. The van der Waals surface area contributed by atoms with Crippen LogP contribution in [0.15, 0.2) is 12.2 Å². The second kappa shape index (κ2) is 35.3. The van der Waals surface area contributed by atoms with Crippen LogP contribution in [0.3, 0.4) is 0 Å². The minimum absolute atomic E-state index is 0. The number of quaternary nitrogens is 1. The van der Waals surface area contributed by atoms with Crippen LogP contribution in [0.4, 0.5) is 0 Å². The molecule has 9 N–H and O–H groups in total. The largest absolute Gasteiger partial charge is 0.756 e. The van der Waals surface area contributed by atoms with Gasteiger partial charge in [-0.15, -0.1) is 0 Å². The Morgan fingerprint density at radius 1 is 0.561 bits per heavy atom. The number of aliphatic hydroxyl groups excluding tert-OH is 5. The zero-order chi connectivity index (χ0) is 41.4. The van der Waals surface area contributed by atoms with Gasteiger partial charge < -0.3 is 55.1 Å². The highest BCUT2D eigenvalue weighted by Crippen LogP contribution is 2.43. The molecule has 0 bridgehead atoms. The van der Waals surface area contributed by atoms with Gasteiger partial charge in [0.25, 0.3) is 7.82 Å². The van der Waals surface area contributed by atoms with Gasteiger partial charge in [0, 0.05) is 12.8 Å². The summed E-state index contributed by atoms with van der Waals surface area (Å²) in [5.41, 5.74) is 0. The Balaban J connectivity index is 0.0000314. The van der Waals surface area contributed by atoms with Crippen LogP contribution < -0.4 is 11.0 Å². The molecular weight excluding hydrogens is 757 g/mol. The van der Waals surface area contributed by atoms with E-state index in [4.69, 9.17) is 18.5 Å². The van der Waals surface area contributed by atoms with Crippen LogP contribution in [0.2, 0.25) is 0 Å². The lowest BCUT2D eigenvalue weighted by atomic mass is 9.85. The fourth-order valence-electron chi connectivity index (χ4n) is 6.74. The van der Waals surface area contributed by atoms with Crippen LogP contribution in [0.25, 0.3) is 0 Å². The molecule has 1 aliphatic carbocycles. The summed E-state index contributed by atoms with van der Waals surface area (Å²) in [5, 5.41) is 49.9. The van der Waals surface area contributed by atoms with Gasteiger partial charge >= 0.3 is 11.9 Å². The zero-order valence-electron chi connectivity index (χ0n) is 35.7. The SMILES string of the molecule is CCCCCCCC/C=C\CCCCCCCC(=O)O[C@H](COC(=O)CCCCCCCCCCCCCC)COP(=O)([O-])OC1[C@H](O)[C@H](O)C(O)[C@H](O)[C@H]1O.[NH4+]. The standard InChI is InChI=1S/C42H79O13P.H3N/c1-3-5-7-9-11-13-15-17-18-19-21-23-25-27-29-31-36(44)54-34(32-52-35(43)30-28-26-24-22-20-16-14-12-10-8-6-4-2)33-53-56(50,51)55-42-40(48)38(46)37(45)39(47)41(42)49;/h17-18,34,37-42,45-49H,3-16,19-33H2,1-2H3,(H,50,51);1H3/b18-17-;/t34-,37?,38-,39+,40-,41-,42?;/m1./s1. The number of hydrogen-bond donors (Lipinski definition) is 6. The molecule has 0 heterocycles. The Morgan fingerprint density at radius 2 is 0.930 bits per heavy atom. The van der Waals surface area contributed by atoms with Crippen LogP contribution in [-0.2, 0) is 32.7 Å². The minimum atomic E-state index is -5.36. The Morgan fingerprint density at radius 3 is 1.37 bits per heavy atom. The van der Waals surface area contributed by atoms with Crippen molar-refractivity contribution in [3.63, 3.8) is 0 Å². The predicted octanol–water partition coefficient (Wildman–Crippen LogP) is 7.63. The van der Waals surface area contributed by atoms with Crippen molar-refractivity contribution in [2.45, 2.75) is 230 Å². The van der Waals surface area contributed by atoms with E-state index in [1.165, 1.54) is 89.9 Å². The van der Waals surface area contributed by atoms with Crippen molar-refractivity contribution in [2.75, 3.05) is 13.2 Å². The molecule has 1 aliphatic rings. The highest BCUT2D eigenvalue weighted by Gasteiger charge is 2.50. The van der Waals surface area contributed by atoms with Gasteiger partial charge in [0.2, 0.25) is 0 Å². The third-order valence-corrected chi connectivity index (χ3v) is 11.3. The zero-order valence-corrected chi connectivity index (χ0v) is 36.5. The summed E-state index contributed by atoms with van der Waals surface area (Å²) >= 11 is 0. The smallest absolute Gasteiger partial charge is 0.306 e. The van der Waals surface area contributed by atoms with E-state index in [0.717, 1.165) is 57.8 Å². The molecular formula is C42H82NO13P. The molecule has 1 saturated carbocycles. The van der Waals surface area contributed by atoms with Crippen molar-refractivity contribution in [3.8, 4) is 0 Å². The summed E-state index contributed by atoms with van der Waals surface area (Å²) in [4.78, 5) is 37.9. The second-order valence-corrected chi connectivity index (χ2v) is 16.9. The molecule has 0 spiro atoms. The molecule has 3 unspecified atom stereocenters. The Labute approximate surface area is 343 Å². The van der Waals surface area contributed by atoms with E-state index < -0.39 is 75.7 Å². The maximum Gasteiger partial charge on any atom is 0.306 e. The van der Waals surface area contributed by atoms with E-state index in [1.807, 2.05) is 0 Å². The highest BCUT2D eigenvalue weighted by atomic mass is 31.2. The van der Waals surface area contributed by atoms with Gasteiger partial charge in [-0.2, -0.15) is 0 Å². The van der Waals surface area contributed by atoms with Gasteiger partial charge in [-0.05, 0) is 38.5 Å². The van der Waals surface area contributed by atoms with Crippen molar-refractivity contribution >= 4 is 19.8 Å². The first-order chi connectivity index (χ1) is 26.9. The number of aliphatic hydroxyl groups is 5. The van der Waals surface area contributed by atoms with Crippen LogP contribution in [0.5, 0.6) is 0 Å². The Bertz CT molecular complexity index is 1050. The van der Waals surface area contributed by atoms with Gasteiger partial charge in [0.15, 0.2) is 6.10 Å². The number of phosphoric ester groups is 1. The summed E-state index contributed by atoms with van der Waals surface area (Å²) < 4.78 is 33.1. The summed E-state index contributed by atoms with van der Waals surface area (Å²) in [6.07, 6.45) is 19.4. The number of unbranched alkanes of at least 4 members (excludes halogenated alkanes) is 22. The molecule has 57 heavy (non-hydrogen) atoms. The van der Waals surface area contributed by atoms with Crippen LogP contribution in [0.1, 0.15) is 187 Å². The van der Waals surface area contributed by atoms with E-state index in [9.17, 15) is 44.6 Å². The fourth-order valence-corrected chi connectivity index (χ4v) is 7.70. The van der Waals surface area contributed by atoms with Gasteiger partial charge in [-0.1, -0.05) is 148 Å². The van der Waals surface area contributed by atoms with Crippen molar-refractivity contribution in [3.05, 3.63) is 12.2 Å². The molecule has 1 fully saturated rings. The van der Waals surface area contributed by atoms with Gasteiger partial charge in [-0.25, -0.2) is 0 Å². The maximum atomic E-state index is 12.7. The van der Waals surface area contributed by atoms with Crippen LogP contribution in [0, 0.1) is 0 Å². The molecule has 1 rings (SSSR count). The van der Waals surface area contributed by atoms with Crippen LogP contribution in [-0.4, -0.2) is 93.4 Å². The van der Waals surface area contributed by atoms with Gasteiger partial charge in [0.05, 0.1) is 6.61 Å². The number of rotatable bonds is 36. The molecule has 0 radical (unpaired) electrons. The third kappa shape index (κ3) is 27.8. The average molecular weight is 840 g/mol. The molecule has 0 saturated heterocycles. The predicted molar refractivity (Wildman–Crippen MR) is 220 cm³/mol. The van der Waals surface area contributed by atoms with E-state index in [0.29, 0.717) is 12.8 Å². The summed E-state index contributed by atoms with van der Waals surface area (Å²) in [7, 11) is -5.36. The molecule has 0 aromatic heterocycles. The van der Waals surface area contributed by atoms with Gasteiger partial charge in [-0.3, -0.25) is 14.2 Å². The molecule has 15 heteroatoms. The Hall–Kier alpha value is -1.45. The summed E-state index contributed by atoms with van der Waals surface area (Å²) in [6.45, 7) is 3.18. The fraction of sp³-hybridized carbons (Fsp3) is 0.905. The lowest BCUT2D eigenvalue weighted by Gasteiger charge is -2.43. The first-order valence-electron chi connectivity index (χ1n) is 22.0. The summed E-state index contributed by atoms with van der Waals surface area (Å²) in [5.74, 6) is -1.14. The highest BCUT2D eigenvalue weighted by molar-refractivity contribution is 7.45. The average Bonchev–Trinajstić information content (AvgIpc) is 3.18. The Kier molecular flexibility index (Phi) is 34.4. The summed E-state index contributed by atoms with van der Waals surface area (Å²) in [6, 6.07) is 0. The molecule has 0 aliphatic heterocycles. The molecule has 338 valence electrons. The number of carbonyl (C=O) groups excluding carboxylic acids is 2. The monoisotopic (exact) mass is 840 g/mol. The van der Waals surface area contributed by atoms with Crippen molar-refractivity contribution in [1.29, 1.82) is 0 Å². The quantitative estimate of drug-likeness (QED) is 0.0154. The normalized spacial score (nSPS) is 22.5. The third-order valence-electron chi connectivity index (χ3n) is 10.3. The molecule has 8 atom stereocenters. The topological polar surface area (TPSA) is 249 Å². The molecule has 0 aromatic rings. The van der Waals surface area contributed by atoms with E-state index in [-0.39, 0.29) is 19.0 Å². The van der Waals surface area contributed by atoms with E-state index in [1.54, 1.807) is 0 Å². The lowest BCUT2D eigenvalue weighted by Crippen LogP contribution is -2.64. The van der Waals surface area contributed by atoms with E-state index in [2.05, 4.69) is 26.0 Å². The number of esters is 2. The van der Waals surface area contributed by atoms with Crippen molar-refractivity contribution in [2.24, 2.45) is 0 Å². The molecule has 14 nitrogen and oxygen atoms in total. The number of allylic oxidation sites excluding steroid dienone is 2. The molecule has 0 aromatic carbocycles. The first-order valence-corrected chi connectivity index (χ1v) is 23.4. The number of hydrogen-bond acceptors (Lipinski definition) is 13. The molecule has 0 amide bonds. The second-order valence-electron chi connectivity index (χ2n) is 15.5. The van der Waals surface area contributed by atoms with E-state index >= 15 is 0 Å². The number of phosphoric acid groups is 1. The first kappa shape index (κ1) is 55.5. The number of ether oxygens (including phenoxy) is 2. The minimum Gasteiger partial charge on any atom is -0.756 e. The number of carbonyl (C=O) groups is 2. The van der Waals surface area contributed by atoms with Gasteiger partial charge in [0.1, 0.15) is 43.2 Å². The lowest BCUT2D eigenvalue weighted by molar-refractivity contribution is -0.261. The van der Waals surface area contributed by atoms with Crippen LogP contribution >= 0.6 is 7.82 Å². The van der Waals surface area contributed by atoms with Crippen molar-refractivity contribution < 1.29 is 63.1 Å². The van der Waals surface area contributed by atoms with Crippen molar-refractivity contribution in [1.82, 2.24) is 6.15 Å².